The van der Waals surface area contributed by atoms with E-state index in [9.17, 15) is 0 Å². The maximum atomic E-state index is 3.78. The quantitative estimate of drug-likeness (QED) is 0.555. The van der Waals surface area contributed by atoms with Gasteiger partial charge >= 0.3 is 0 Å². The summed E-state index contributed by atoms with van der Waals surface area (Å²) < 4.78 is 0. The van der Waals surface area contributed by atoms with Gasteiger partial charge in [-0.2, -0.15) is 24.6 Å². The molecule has 9 heavy (non-hydrogen) atoms. The first-order valence-electron chi connectivity index (χ1n) is 2.67. The van der Waals surface area contributed by atoms with E-state index in [1.54, 1.807) is 0 Å². The van der Waals surface area contributed by atoms with E-state index < -0.39 is 0 Å². The van der Waals surface area contributed by atoms with Gasteiger partial charge in [0.15, 0.2) is 0 Å². The molecule has 0 bridgehead atoms. The Hall–Kier alpha value is 0.194. The molecular weight excluding hydrogens is 185 g/mol. The molecule has 0 unspecified atom stereocenters. The van der Waals surface area contributed by atoms with E-state index in [2.05, 4.69) is 26.0 Å². The van der Waals surface area contributed by atoms with Crippen LogP contribution in [-0.4, -0.2) is 0 Å². The molecule has 0 fully saturated rings. The Kier molecular flexibility index (Phi) is 4.17. The van der Waals surface area contributed by atoms with Gasteiger partial charge in [-0.1, -0.05) is 13.0 Å². The second-order valence-corrected chi connectivity index (χ2v) is 1.99. The van der Waals surface area contributed by atoms with Gasteiger partial charge in [0, 0.05) is 32.7 Å². The summed E-state index contributed by atoms with van der Waals surface area (Å²) in [4.78, 5) is 0. The van der Waals surface area contributed by atoms with E-state index in [0.29, 0.717) is 0 Å². The van der Waals surface area contributed by atoms with Gasteiger partial charge in [0.1, 0.15) is 0 Å². The van der Waals surface area contributed by atoms with Crippen molar-refractivity contribution in [3.8, 4) is 0 Å². The second-order valence-electron chi connectivity index (χ2n) is 1.99. The smallest absolute Gasteiger partial charge is 0 e. The van der Waals surface area contributed by atoms with Crippen molar-refractivity contribution in [2.75, 3.05) is 0 Å². The Labute approximate surface area is 81.5 Å². The third-order valence-electron chi connectivity index (χ3n) is 1.08. The zero-order valence-electron chi connectivity index (χ0n) is 5.59. The topological polar surface area (TPSA) is 0 Å². The van der Waals surface area contributed by atoms with Crippen molar-refractivity contribution in [1.29, 1.82) is 0 Å². The molecule has 0 N–H and O–H groups in total. The first kappa shape index (κ1) is 9.19. The maximum Gasteiger partial charge on any atom is 0 e. The molecule has 1 rings (SSSR count). The fourth-order valence-corrected chi connectivity index (χ4v) is 0.712. The van der Waals surface area contributed by atoms with Gasteiger partial charge < -0.3 is 0 Å². The number of hydrogen-bond acceptors (Lipinski definition) is 0. The Morgan fingerprint density at radius 1 is 1.33 bits per heavy atom. The number of benzene rings is 1. The van der Waals surface area contributed by atoms with Crippen molar-refractivity contribution >= 4 is 0 Å². The Morgan fingerprint density at radius 3 is 2.33 bits per heavy atom. The molecule has 0 aliphatic carbocycles. The third kappa shape index (κ3) is 3.03. The van der Waals surface area contributed by atoms with Crippen LogP contribution in [0, 0.1) is 13.8 Å². The zero-order chi connectivity index (χ0) is 5.98. The molecule has 0 heterocycles. The predicted molar refractivity (Wildman–Crippen MR) is 35.6 cm³/mol. The van der Waals surface area contributed by atoms with E-state index >= 15 is 0 Å². The molecular formula is C8H9Y-. The van der Waals surface area contributed by atoms with Crippen LogP contribution in [0.5, 0.6) is 0 Å². The molecule has 0 aliphatic rings. The van der Waals surface area contributed by atoms with Crippen molar-refractivity contribution < 1.29 is 32.7 Å². The molecule has 0 saturated carbocycles. The fraction of sp³-hybridized carbons (Fsp3) is 0.125. The summed E-state index contributed by atoms with van der Waals surface area (Å²) in [6.07, 6.45) is 0. The van der Waals surface area contributed by atoms with Crippen LogP contribution >= 0.6 is 0 Å². The van der Waals surface area contributed by atoms with Gasteiger partial charge in [-0.25, -0.2) is 0 Å². The van der Waals surface area contributed by atoms with Gasteiger partial charge in [0.25, 0.3) is 0 Å². The summed E-state index contributed by atoms with van der Waals surface area (Å²) >= 11 is 0. The number of hydrogen-bond donors (Lipinski definition) is 0. The van der Waals surface area contributed by atoms with Gasteiger partial charge in [-0.15, -0.1) is 11.6 Å². The minimum absolute atomic E-state index is 0. The fourth-order valence-electron chi connectivity index (χ4n) is 0.712. The molecule has 45 valence electrons. The molecule has 0 atom stereocenters. The Balaban J connectivity index is 0.000000640. The van der Waals surface area contributed by atoms with Gasteiger partial charge in [0.2, 0.25) is 0 Å². The molecule has 0 spiro atoms. The average molecular weight is 194 g/mol. The van der Waals surface area contributed by atoms with Crippen molar-refractivity contribution in [2.24, 2.45) is 0 Å². The van der Waals surface area contributed by atoms with E-state index in [-0.39, 0.29) is 32.7 Å². The Bertz CT molecular complexity index is 164. The van der Waals surface area contributed by atoms with Crippen molar-refractivity contribution in [3.05, 3.63) is 42.3 Å². The van der Waals surface area contributed by atoms with E-state index in [4.69, 9.17) is 0 Å². The van der Waals surface area contributed by atoms with Crippen molar-refractivity contribution in [2.45, 2.75) is 6.92 Å². The summed E-state index contributed by atoms with van der Waals surface area (Å²) in [7, 11) is 0. The van der Waals surface area contributed by atoms with E-state index in [1.807, 2.05) is 12.1 Å². The SMILES string of the molecule is [CH2-]c1cccc(C)c1.[Y]. The van der Waals surface area contributed by atoms with Crippen LogP contribution in [0.1, 0.15) is 11.1 Å². The molecule has 1 aromatic carbocycles. The van der Waals surface area contributed by atoms with E-state index in [0.717, 1.165) is 5.56 Å². The standard InChI is InChI=1S/C8H9.Y/c1-7-4-3-5-8(2)6-7;/h3-6H,1H2,2H3;/q-1;. The molecule has 0 nitrogen and oxygen atoms in total. The molecule has 0 amide bonds. The van der Waals surface area contributed by atoms with E-state index in [1.165, 1.54) is 5.56 Å². The predicted octanol–water partition coefficient (Wildman–Crippen LogP) is 2.17. The van der Waals surface area contributed by atoms with Crippen LogP contribution in [0.15, 0.2) is 24.3 Å². The van der Waals surface area contributed by atoms with Crippen LogP contribution in [0.2, 0.25) is 0 Å². The average Bonchev–Trinajstić information content (AvgIpc) is 1.64. The number of rotatable bonds is 0. The van der Waals surface area contributed by atoms with Crippen LogP contribution in [-0.2, 0) is 32.7 Å². The third-order valence-corrected chi connectivity index (χ3v) is 1.08. The molecule has 0 aliphatic heterocycles. The summed E-state index contributed by atoms with van der Waals surface area (Å²) in [5, 5.41) is 0. The van der Waals surface area contributed by atoms with Gasteiger partial charge in [0.05, 0.1) is 0 Å². The van der Waals surface area contributed by atoms with Crippen LogP contribution in [0.25, 0.3) is 0 Å². The van der Waals surface area contributed by atoms with Gasteiger partial charge in [-0.3, -0.25) is 0 Å². The van der Waals surface area contributed by atoms with Crippen molar-refractivity contribution in [3.63, 3.8) is 0 Å². The summed E-state index contributed by atoms with van der Waals surface area (Å²) in [6, 6.07) is 8.12. The first-order valence-corrected chi connectivity index (χ1v) is 2.67. The molecule has 1 heteroatoms. The van der Waals surface area contributed by atoms with Crippen LogP contribution in [0.4, 0.5) is 0 Å². The maximum absolute atomic E-state index is 3.78. The monoisotopic (exact) mass is 194 g/mol. The summed E-state index contributed by atoms with van der Waals surface area (Å²) in [5.74, 6) is 0. The largest absolute Gasteiger partial charge is 0.199 e. The minimum Gasteiger partial charge on any atom is -0.199 e. The first-order chi connectivity index (χ1) is 3.79. The van der Waals surface area contributed by atoms with Crippen LogP contribution in [0.3, 0.4) is 0 Å². The van der Waals surface area contributed by atoms with Crippen molar-refractivity contribution in [1.82, 2.24) is 0 Å². The molecule has 0 saturated heterocycles. The molecule has 1 aromatic rings. The normalized spacial score (nSPS) is 8.11. The minimum atomic E-state index is 0. The summed E-state index contributed by atoms with van der Waals surface area (Å²) in [5.41, 5.74) is 2.36. The summed E-state index contributed by atoms with van der Waals surface area (Å²) in [6.45, 7) is 5.85. The number of aryl methyl sites for hydroxylation is 1. The zero-order valence-corrected chi connectivity index (χ0v) is 8.43. The van der Waals surface area contributed by atoms with Gasteiger partial charge in [-0.05, 0) is 0 Å². The Morgan fingerprint density at radius 2 is 2.00 bits per heavy atom. The molecule has 0 aromatic heterocycles. The molecule has 1 radical (unpaired) electrons. The second kappa shape index (κ2) is 4.08. The van der Waals surface area contributed by atoms with Crippen LogP contribution < -0.4 is 0 Å².